The van der Waals surface area contributed by atoms with Crippen LogP contribution in [0.4, 0.5) is 0 Å². The minimum atomic E-state index is 0.232. The van der Waals surface area contributed by atoms with Crippen LogP contribution in [0.5, 0.6) is 0 Å². The van der Waals surface area contributed by atoms with Crippen LogP contribution in [0, 0.1) is 11.3 Å². The molecule has 0 N–H and O–H groups in total. The first-order valence-corrected chi connectivity index (χ1v) is 6.34. The Morgan fingerprint density at radius 3 is 2.69 bits per heavy atom. The molecule has 0 radical (unpaired) electrons. The lowest BCUT2D eigenvalue weighted by molar-refractivity contribution is -0.118. The average Bonchev–Trinajstić information content (AvgIpc) is 2.38. The van der Waals surface area contributed by atoms with Crippen molar-refractivity contribution in [2.45, 2.75) is 53.4 Å². The van der Waals surface area contributed by atoms with Crippen molar-refractivity contribution < 1.29 is 4.79 Å². The Balaban J connectivity index is 2.49. The summed E-state index contributed by atoms with van der Waals surface area (Å²) < 4.78 is 0. The average molecular weight is 218 g/mol. The summed E-state index contributed by atoms with van der Waals surface area (Å²) >= 11 is 0. The van der Waals surface area contributed by atoms with E-state index >= 15 is 0 Å². The molecule has 0 aliphatic heterocycles. The van der Waals surface area contributed by atoms with Gasteiger partial charge in [0, 0.05) is 6.42 Å². The number of rotatable bonds is 0. The van der Waals surface area contributed by atoms with Crippen molar-refractivity contribution >= 4 is 5.78 Å². The van der Waals surface area contributed by atoms with Crippen LogP contribution >= 0.6 is 0 Å². The molecule has 1 heteroatoms. The third kappa shape index (κ3) is 1.66. The molecule has 0 fully saturated rings. The van der Waals surface area contributed by atoms with Gasteiger partial charge in [0.15, 0.2) is 5.78 Å². The maximum Gasteiger partial charge on any atom is 0.158 e. The van der Waals surface area contributed by atoms with Gasteiger partial charge in [0.1, 0.15) is 0 Å². The number of Topliss-reactive ketones (excluding diaryl/α,β-unsaturated/α-hetero) is 1. The van der Waals surface area contributed by atoms with Gasteiger partial charge in [0.05, 0.1) is 0 Å². The van der Waals surface area contributed by atoms with Crippen molar-refractivity contribution in [1.82, 2.24) is 0 Å². The molecule has 16 heavy (non-hydrogen) atoms. The largest absolute Gasteiger partial charge is 0.295 e. The molecule has 2 rings (SSSR count). The molecule has 0 bridgehead atoms. The zero-order chi connectivity index (χ0) is 11.9. The summed E-state index contributed by atoms with van der Waals surface area (Å²) in [5.74, 6) is 0.861. The highest BCUT2D eigenvalue weighted by Gasteiger charge is 2.41. The van der Waals surface area contributed by atoms with Gasteiger partial charge in [-0.2, -0.15) is 0 Å². The second kappa shape index (κ2) is 3.87. The monoisotopic (exact) mass is 218 g/mol. The number of carbonyl (C=O) groups excluding carboxylic acids is 1. The van der Waals surface area contributed by atoms with Crippen LogP contribution in [0.25, 0.3) is 0 Å². The topological polar surface area (TPSA) is 17.1 Å². The molecular weight excluding hydrogens is 196 g/mol. The Bertz CT molecular complexity index is 386. The predicted octanol–water partition coefficient (Wildman–Crippen LogP) is 4.05. The van der Waals surface area contributed by atoms with Crippen LogP contribution in [0.3, 0.4) is 0 Å². The van der Waals surface area contributed by atoms with Gasteiger partial charge in [-0.15, -0.1) is 0 Å². The van der Waals surface area contributed by atoms with E-state index in [1.165, 1.54) is 11.1 Å². The molecule has 2 aliphatic carbocycles. The summed E-state index contributed by atoms with van der Waals surface area (Å²) in [7, 11) is 0. The van der Waals surface area contributed by atoms with E-state index in [1.54, 1.807) is 0 Å². The van der Waals surface area contributed by atoms with E-state index in [1.807, 2.05) is 6.92 Å². The number of allylic oxidation sites excluding steroid dienone is 4. The zero-order valence-electron chi connectivity index (χ0n) is 10.9. The second-order valence-electron chi connectivity index (χ2n) is 5.80. The van der Waals surface area contributed by atoms with Crippen LogP contribution in [0.1, 0.15) is 53.4 Å². The lowest BCUT2D eigenvalue weighted by atomic mass is 9.62. The Kier molecular flexibility index (Phi) is 2.81. The summed E-state index contributed by atoms with van der Waals surface area (Å²) in [6.07, 6.45) is 6.44. The summed E-state index contributed by atoms with van der Waals surface area (Å²) in [5, 5.41) is 0. The van der Waals surface area contributed by atoms with E-state index in [0.29, 0.717) is 11.7 Å². The van der Waals surface area contributed by atoms with Gasteiger partial charge in [0.25, 0.3) is 0 Å². The minimum absolute atomic E-state index is 0.232. The van der Waals surface area contributed by atoms with Gasteiger partial charge in [0.2, 0.25) is 0 Å². The normalized spacial score (nSPS) is 35.6. The molecule has 1 nitrogen and oxygen atoms in total. The van der Waals surface area contributed by atoms with Gasteiger partial charge in [-0.05, 0) is 50.0 Å². The Labute approximate surface area is 98.6 Å². The van der Waals surface area contributed by atoms with Gasteiger partial charge in [-0.1, -0.05) is 31.1 Å². The Morgan fingerprint density at radius 1 is 1.31 bits per heavy atom. The predicted molar refractivity (Wildman–Crippen MR) is 67.2 cm³/mol. The van der Waals surface area contributed by atoms with E-state index in [0.717, 1.165) is 31.3 Å². The summed E-state index contributed by atoms with van der Waals surface area (Å²) in [5.41, 5.74) is 4.21. The first-order chi connectivity index (χ1) is 7.45. The quantitative estimate of drug-likeness (QED) is 0.561. The van der Waals surface area contributed by atoms with E-state index in [2.05, 4.69) is 26.8 Å². The van der Waals surface area contributed by atoms with Gasteiger partial charge < -0.3 is 0 Å². The van der Waals surface area contributed by atoms with Crippen molar-refractivity contribution in [3.8, 4) is 0 Å². The Hall–Kier alpha value is -0.850. The van der Waals surface area contributed by atoms with Crippen LogP contribution < -0.4 is 0 Å². The standard InChI is InChI=1S/C15H22O/c1-10-5-6-13-12(3)14(16)9-11(2)15(13,4)8-7-10/h7,11H,5-6,8-9H2,1-4H3/t11-,15-/m0/s1. The lowest BCUT2D eigenvalue weighted by Crippen LogP contribution is -2.34. The number of hydrogen-bond donors (Lipinski definition) is 0. The lowest BCUT2D eigenvalue weighted by Gasteiger charge is -2.41. The van der Waals surface area contributed by atoms with Crippen molar-refractivity contribution in [3.05, 3.63) is 22.8 Å². The van der Waals surface area contributed by atoms with Crippen molar-refractivity contribution in [1.29, 1.82) is 0 Å². The smallest absolute Gasteiger partial charge is 0.158 e. The minimum Gasteiger partial charge on any atom is -0.295 e. The molecule has 0 spiro atoms. The zero-order valence-corrected chi connectivity index (χ0v) is 10.9. The number of carbonyl (C=O) groups is 1. The SMILES string of the molecule is CC1=CC[C@]2(C)C(=C(C)C(=O)C[C@@H]2C)CC1. The third-order valence-electron chi connectivity index (χ3n) is 4.78. The first kappa shape index (κ1) is 11.6. The highest BCUT2D eigenvalue weighted by atomic mass is 16.1. The summed E-state index contributed by atoms with van der Waals surface area (Å²) in [4.78, 5) is 11.9. The number of ketones is 1. The maximum atomic E-state index is 11.9. The van der Waals surface area contributed by atoms with Crippen molar-refractivity contribution in [3.63, 3.8) is 0 Å². The molecule has 0 heterocycles. The van der Waals surface area contributed by atoms with Crippen LogP contribution in [-0.4, -0.2) is 5.78 Å². The first-order valence-electron chi connectivity index (χ1n) is 6.34. The van der Waals surface area contributed by atoms with Crippen LogP contribution in [-0.2, 0) is 4.79 Å². The number of hydrogen-bond acceptors (Lipinski definition) is 1. The second-order valence-corrected chi connectivity index (χ2v) is 5.80. The number of fused-ring (bicyclic) bond motifs is 1. The molecule has 2 aliphatic rings. The fourth-order valence-corrected chi connectivity index (χ4v) is 3.16. The molecule has 0 unspecified atom stereocenters. The van der Waals surface area contributed by atoms with E-state index < -0.39 is 0 Å². The van der Waals surface area contributed by atoms with Gasteiger partial charge >= 0.3 is 0 Å². The van der Waals surface area contributed by atoms with Crippen LogP contribution in [0.2, 0.25) is 0 Å². The maximum absolute atomic E-state index is 11.9. The fourth-order valence-electron chi connectivity index (χ4n) is 3.16. The fraction of sp³-hybridized carbons (Fsp3) is 0.667. The highest BCUT2D eigenvalue weighted by Crippen LogP contribution is 2.49. The molecular formula is C15H22O. The van der Waals surface area contributed by atoms with Crippen LogP contribution in [0.15, 0.2) is 22.8 Å². The van der Waals surface area contributed by atoms with E-state index in [4.69, 9.17) is 0 Å². The molecule has 88 valence electrons. The Morgan fingerprint density at radius 2 is 2.00 bits per heavy atom. The molecule has 0 aromatic rings. The molecule has 0 aromatic carbocycles. The summed E-state index contributed by atoms with van der Waals surface area (Å²) in [6, 6.07) is 0. The van der Waals surface area contributed by atoms with E-state index in [-0.39, 0.29) is 5.41 Å². The molecule has 0 aromatic heterocycles. The molecule has 2 atom stereocenters. The molecule has 0 saturated carbocycles. The van der Waals surface area contributed by atoms with Gasteiger partial charge in [-0.25, -0.2) is 0 Å². The van der Waals surface area contributed by atoms with Crippen molar-refractivity contribution in [2.75, 3.05) is 0 Å². The third-order valence-corrected chi connectivity index (χ3v) is 4.78. The summed E-state index contributed by atoms with van der Waals surface area (Å²) in [6.45, 7) is 8.82. The molecule has 0 amide bonds. The van der Waals surface area contributed by atoms with Crippen molar-refractivity contribution in [2.24, 2.45) is 11.3 Å². The highest BCUT2D eigenvalue weighted by molar-refractivity contribution is 5.97. The van der Waals surface area contributed by atoms with Gasteiger partial charge in [-0.3, -0.25) is 4.79 Å². The van der Waals surface area contributed by atoms with E-state index in [9.17, 15) is 4.79 Å². The molecule has 0 saturated heterocycles.